The van der Waals surface area contributed by atoms with Crippen molar-refractivity contribution in [3.8, 4) is 0 Å². The van der Waals surface area contributed by atoms with Gasteiger partial charge in [-0.3, -0.25) is 4.79 Å². The number of nitrogens with two attached hydrogens (primary N) is 1. The van der Waals surface area contributed by atoms with Gasteiger partial charge in [-0.2, -0.15) is 0 Å². The topological polar surface area (TPSA) is 87.7 Å². The van der Waals surface area contributed by atoms with Gasteiger partial charge in [0.25, 0.3) is 0 Å². The van der Waals surface area contributed by atoms with E-state index in [2.05, 4.69) is 26.4 Å². The number of nitrogens with zero attached hydrogens (tertiary/aromatic N) is 1. The van der Waals surface area contributed by atoms with E-state index < -0.39 is 5.41 Å². The quantitative estimate of drug-likeness (QED) is 0.338. The first-order chi connectivity index (χ1) is 8.85. The number of benzene rings is 1. The number of rotatable bonds is 4. The molecule has 19 heavy (non-hydrogen) atoms. The summed E-state index contributed by atoms with van der Waals surface area (Å²) < 4.78 is 0.738. The average molecular weight is 349 g/mol. The minimum Gasteiger partial charge on any atom is -0.409 e. The Labute approximate surface area is 124 Å². The minimum absolute atomic E-state index is 0.129. The van der Waals surface area contributed by atoms with Gasteiger partial charge in [0.2, 0.25) is 5.91 Å². The summed E-state index contributed by atoms with van der Waals surface area (Å²) in [7, 11) is 0. The average Bonchev–Trinajstić information content (AvgIpc) is 2.40. The summed E-state index contributed by atoms with van der Waals surface area (Å²) in [6.45, 7) is 3.39. The van der Waals surface area contributed by atoms with Gasteiger partial charge in [-0.25, -0.2) is 0 Å². The van der Waals surface area contributed by atoms with Crippen molar-refractivity contribution in [2.45, 2.75) is 20.3 Å². The molecule has 5 nitrogen and oxygen atoms in total. The molecule has 7 heteroatoms. The molecule has 0 radical (unpaired) electrons. The second-order valence-electron chi connectivity index (χ2n) is 4.25. The molecular weight excluding hydrogens is 334 g/mol. The van der Waals surface area contributed by atoms with E-state index in [0.717, 1.165) is 4.47 Å². The molecular formula is C12H15BrClN3O2. The Morgan fingerprint density at radius 2 is 2.26 bits per heavy atom. The largest absolute Gasteiger partial charge is 0.409 e. The number of carbonyl (C=O) groups is 1. The first-order valence-corrected chi connectivity index (χ1v) is 6.76. The maximum atomic E-state index is 12.2. The van der Waals surface area contributed by atoms with Gasteiger partial charge in [0.15, 0.2) is 5.84 Å². The second kappa shape index (κ2) is 6.25. The number of amidine groups is 1. The number of carbonyl (C=O) groups excluding carboxylic acids is 1. The molecule has 4 N–H and O–H groups in total. The molecule has 0 aromatic heterocycles. The molecule has 0 spiro atoms. The lowest BCUT2D eigenvalue weighted by Crippen LogP contribution is -2.44. The van der Waals surface area contributed by atoms with Gasteiger partial charge in [0.1, 0.15) is 5.41 Å². The Hall–Kier alpha value is -1.27. The number of anilines is 1. The third-order valence-electron chi connectivity index (χ3n) is 3.06. The van der Waals surface area contributed by atoms with Crippen LogP contribution in [0.5, 0.6) is 0 Å². The Morgan fingerprint density at radius 3 is 2.74 bits per heavy atom. The molecule has 1 rings (SSSR count). The molecule has 0 aliphatic heterocycles. The number of amides is 1. The highest BCUT2D eigenvalue weighted by Gasteiger charge is 2.36. The van der Waals surface area contributed by atoms with Gasteiger partial charge in [-0.1, -0.05) is 23.7 Å². The van der Waals surface area contributed by atoms with E-state index in [4.69, 9.17) is 22.5 Å². The summed E-state index contributed by atoms with van der Waals surface area (Å²) in [5, 5.41) is 14.9. The smallest absolute Gasteiger partial charge is 0.238 e. The van der Waals surface area contributed by atoms with Crippen molar-refractivity contribution >= 4 is 45.0 Å². The lowest BCUT2D eigenvalue weighted by molar-refractivity contribution is -0.121. The van der Waals surface area contributed by atoms with Crippen LogP contribution in [0.2, 0.25) is 5.02 Å². The van der Waals surface area contributed by atoms with Gasteiger partial charge >= 0.3 is 0 Å². The number of oxime groups is 1. The molecule has 1 aromatic rings. The van der Waals surface area contributed by atoms with Crippen LogP contribution in [-0.4, -0.2) is 17.0 Å². The highest BCUT2D eigenvalue weighted by atomic mass is 79.9. The molecule has 0 fully saturated rings. The SMILES string of the molecule is CCC(C)(C(=O)Nc1ccc(Br)c(Cl)c1)/C(N)=N/O. The maximum absolute atomic E-state index is 12.2. The highest BCUT2D eigenvalue weighted by molar-refractivity contribution is 9.10. The fourth-order valence-electron chi connectivity index (χ4n) is 1.41. The van der Waals surface area contributed by atoms with Crippen LogP contribution in [0.3, 0.4) is 0 Å². The molecule has 0 aliphatic carbocycles. The number of nitrogens with one attached hydrogen (secondary N) is 1. The predicted molar refractivity (Wildman–Crippen MR) is 79.6 cm³/mol. The normalized spacial score (nSPS) is 14.8. The van der Waals surface area contributed by atoms with Crippen molar-refractivity contribution < 1.29 is 10.0 Å². The van der Waals surface area contributed by atoms with Gasteiger partial charge in [-0.15, -0.1) is 0 Å². The summed E-state index contributed by atoms with van der Waals surface area (Å²) in [4.78, 5) is 12.2. The standard InChI is InChI=1S/C12H15BrClN3O2/c1-3-12(2,10(15)17-19)11(18)16-7-4-5-8(13)9(14)6-7/h4-6,19H,3H2,1-2H3,(H2,15,17)(H,16,18). The van der Waals surface area contributed by atoms with E-state index in [1.54, 1.807) is 32.0 Å². The van der Waals surface area contributed by atoms with E-state index in [9.17, 15) is 4.79 Å². The van der Waals surface area contributed by atoms with Gasteiger partial charge in [-0.05, 0) is 47.5 Å². The molecule has 0 saturated carbocycles. The van der Waals surface area contributed by atoms with E-state index in [-0.39, 0.29) is 11.7 Å². The van der Waals surface area contributed by atoms with Crippen LogP contribution < -0.4 is 11.1 Å². The number of hydrogen-bond acceptors (Lipinski definition) is 3. The molecule has 0 bridgehead atoms. The molecule has 0 aliphatic rings. The van der Waals surface area contributed by atoms with E-state index in [0.29, 0.717) is 17.1 Å². The summed E-state index contributed by atoms with van der Waals surface area (Å²) >= 11 is 9.21. The van der Waals surface area contributed by atoms with Gasteiger partial charge in [0.05, 0.1) is 5.02 Å². The fraction of sp³-hybridized carbons (Fsp3) is 0.333. The van der Waals surface area contributed by atoms with E-state index in [1.165, 1.54) is 0 Å². The third-order valence-corrected chi connectivity index (χ3v) is 4.29. The van der Waals surface area contributed by atoms with Crippen LogP contribution in [0.25, 0.3) is 0 Å². The maximum Gasteiger partial charge on any atom is 0.238 e. The Kier molecular flexibility index (Phi) is 5.20. The fourth-order valence-corrected chi connectivity index (χ4v) is 1.84. The van der Waals surface area contributed by atoms with E-state index >= 15 is 0 Å². The monoisotopic (exact) mass is 347 g/mol. The second-order valence-corrected chi connectivity index (χ2v) is 5.52. The van der Waals surface area contributed by atoms with Gasteiger partial charge in [0, 0.05) is 10.2 Å². The summed E-state index contributed by atoms with van der Waals surface area (Å²) in [6, 6.07) is 5.05. The minimum atomic E-state index is -1.08. The molecule has 0 heterocycles. The predicted octanol–water partition coefficient (Wildman–Crippen LogP) is 3.20. The number of halogens is 2. The third kappa shape index (κ3) is 3.39. The molecule has 1 aromatic carbocycles. The van der Waals surface area contributed by atoms with E-state index in [1.807, 2.05) is 0 Å². The first-order valence-electron chi connectivity index (χ1n) is 5.59. The molecule has 1 atom stereocenters. The lowest BCUT2D eigenvalue weighted by atomic mass is 9.85. The summed E-state index contributed by atoms with van der Waals surface area (Å²) in [5.74, 6) is -0.487. The molecule has 1 amide bonds. The van der Waals surface area contributed by atoms with Gasteiger partial charge < -0.3 is 16.3 Å². The zero-order valence-electron chi connectivity index (χ0n) is 10.6. The Morgan fingerprint density at radius 1 is 1.63 bits per heavy atom. The highest BCUT2D eigenvalue weighted by Crippen LogP contribution is 2.28. The summed E-state index contributed by atoms with van der Waals surface area (Å²) in [5.41, 5.74) is 5.05. The van der Waals surface area contributed by atoms with Crippen molar-refractivity contribution in [2.75, 3.05) is 5.32 Å². The zero-order chi connectivity index (χ0) is 14.6. The van der Waals surface area contributed by atoms with Crippen molar-refractivity contribution in [1.29, 1.82) is 0 Å². The van der Waals surface area contributed by atoms with Crippen LogP contribution >= 0.6 is 27.5 Å². The van der Waals surface area contributed by atoms with Crippen molar-refractivity contribution in [2.24, 2.45) is 16.3 Å². The Bertz CT molecular complexity index is 522. The molecule has 1 unspecified atom stereocenters. The first kappa shape index (κ1) is 15.8. The molecule has 0 saturated heterocycles. The van der Waals surface area contributed by atoms with Crippen LogP contribution in [0, 0.1) is 5.41 Å². The van der Waals surface area contributed by atoms with Crippen molar-refractivity contribution in [3.63, 3.8) is 0 Å². The van der Waals surface area contributed by atoms with Crippen LogP contribution in [0.15, 0.2) is 27.8 Å². The summed E-state index contributed by atoms with van der Waals surface area (Å²) in [6.07, 6.45) is 0.402. The number of hydrogen-bond donors (Lipinski definition) is 3. The Balaban J connectivity index is 2.98. The van der Waals surface area contributed by atoms with Crippen LogP contribution in [0.4, 0.5) is 5.69 Å². The van der Waals surface area contributed by atoms with Crippen molar-refractivity contribution in [1.82, 2.24) is 0 Å². The zero-order valence-corrected chi connectivity index (χ0v) is 12.9. The van der Waals surface area contributed by atoms with Crippen LogP contribution in [0.1, 0.15) is 20.3 Å². The lowest BCUT2D eigenvalue weighted by Gasteiger charge is -2.25. The molecule has 104 valence electrons. The van der Waals surface area contributed by atoms with Crippen molar-refractivity contribution in [3.05, 3.63) is 27.7 Å². The van der Waals surface area contributed by atoms with Crippen LogP contribution in [-0.2, 0) is 4.79 Å².